The van der Waals surface area contributed by atoms with Crippen LogP contribution >= 0.6 is 0 Å². The van der Waals surface area contributed by atoms with Crippen LogP contribution in [-0.4, -0.2) is 31.5 Å². The molecule has 2 amide bonds. The standard InChI is InChI=1S/C18H27FN2O3/c1-18(2,3)17(23)21-11-4-6-16(22)20-12-5-13-24-15-9-7-14(19)8-10-15/h7-10H,4-6,11-13H2,1-3H3,(H,20,22)(H,21,23). The van der Waals surface area contributed by atoms with Crippen LogP contribution in [0, 0.1) is 11.2 Å². The molecular weight excluding hydrogens is 311 g/mol. The number of carbonyl (C=O) groups excluding carboxylic acids is 2. The number of nitrogens with one attached hydrogen (secondary N) is 2. The van der Waals surface area contributed by atoms with Crippen LogP contribution in [0.4, 0.5) is 4.39 Å². The summed E-state index contributed by atoms with van der Waals surface area (Å²) < 4.78 is 18.2. The molecule has 0 atom stereocenters. The Labute approximate surface area is 143 Å². The quantitative estimate of drug-likeness (QED) is 0.680. The van der Waals surface area contributed by atoms with Crippen LogP contribution in [0.3, 0.4) is 0 Å². The van der Waals surface area contributed by atoms with E-state index in [1.165, 1.54) is 12.1 Å². The normalized spacial score (nSPS) is 11.0. The minimum Gasteiger partial charge on any atom is -0.494 e. The Hall–Kier alpha value is -2.11. The summed E-state index contributed by atoms with van der Waals surface area (Å²) in [5.74, 6) is 0.258. The van der Waals surface area contributed by atoms with Gasteiger partial charge in [0, 0.05) is 24.9 Å². The molecule has 0 aliphatic carbocycles. The number of ether oxygens (including phenoxy) is 1. The molecule has 1 rings (SSSR count). The van der Waals surface area contributed by atoms with Crippen molar-refractivity contribution >= 4 is 11.8 Å². The highest BCUT2D eigenvalue weighted by Crippen LogP contribution is 2.12. The van der Waals surface area contributed by atoms with E-state index in [0.717, 1.165) is 0 Å². The van der Waals surface area contributed by atoms with Crippen molar-refractivity contribution < 1.29 is 18.7 Å². The predicted molar refractivity (Wildman–Crippen MR) is 91.2 cm³/mol. The first-order chi connectivity index (χ1) is 11.3. The summed E-state index contributed by atoms with van der Waals surface area (Å²) in [5, 5.41) is 5.62. The zero-order valence-electron chi connectivity index (χ0n) is 14.7. The van der Waals surface area contributed by atoms with Gasteiger partial charge in [-0.2, -0.15) is 0 Å². The van der Waals surface area contributed by atoms with Crippen molar-refractivity contribution in [3.63, 3.8) is 0 Å². The maximum absolute atomic E-state index is 12.7. The van der Waals surface area contributed by atoms with Crippen LogP contribution < -0.4 is 15.4 Å². The van der Waals surface area contributed by atoms with E-state index in [-0.39, 0.29) is 17.6 Å². The molecule has 6 heteroatoms. The minimum absolute atomic E-state index is 0.0131. The molecule has 134 valence electrons. The number of hydrogen-bond acceptors (Lipinski definition) is 3. The van der Waals surface area contributed by atoms with Gasteiger partial charge in [0.25, 0.3) is 0 Å². The molecule has 5 nitrogen and oxygen atoms in total. The number of benzene rings is 1. The van der Waals surface area contributed by atoms with Gasteiger partial charge in [-0.25, -0.2) is 4.39 Å². The van der Waals surface area contributed by atoms with Gasteiger partial charge in [-0.05, 0) is 37.1 Å². The largest absolute Gasteiger partial charge is 0.494 e. The third-order valence-electron chi connectivity index (χ3n) is 3.27. The lowest BCUT2D eigenvalue weighted by molar-refractivity contribution is -0.128. The van der Waals surface area contributed by atoms with Gasteiger partial charge >= 0.3 is 0 Å². The minimum atomic E-state index is -0.410. The SMILES string of the molecule is CC(C)(C)C(=O)NCCCC(=O)NCCCOc1ccc(F)cc1. The van der Waals surface area contributed by atoms with Gasteiger partial charge < -0.3 is 15.4 Å². The molecular formula is C18H27FN2O3. The summed E-state index contributed by atoms with van der Waals surface area (Å²) >= 11 is 0. The maximum atomic E-state index is 12.7. The fourth-order valence-electron chi connectivity index (χ4n) is 1.83. The second-order valence-corrected chi connectivity index (χ2v) is 6.62. The van der Waals surface area contributed by atoms with Crippen molar-refractivity contribution in [3.05, 3.63) is 30.1 Å². The fourth-order valence-corrected chi connectivity index (χ4v) is 1.83. The fraction of sp³-hybridized carbons (Fsp3) is 0.556. The van der Waals surface area contributed by atoms with Crippen LogP contribution in [0.5, 0.6) is 5.75 Å². The Balaban J connectivity index is 2.02. The maximum Gasteiger partial charge on any atom is 0.225 e. The van der Waals surface area contributed by atoms with Crippen molar-refractivity contribution in [2.75, 3.05) is 19.7 Å². The molecule has 0 aromatic heterocycles. The summed E-state index contributed by atoms with van der Waals surface area (Å²) in [6, 6.07) is 5.82. The van der Waals surface area contributed by atoms with Crippen molar-refractivity contribution in [2.45, 2.75) is 40.0 Å². The lowest BCUT2D eigenvalue weighted by Crippen LogP contribution is -2.35. The van der Waals surface area contributed by atoms with E-state index in [1.54, 1.807) is 12.1 Å². The van der Waals surface area contributed by atoms with E-state index in [0.29, 0.717) is 44.7 Å². The first kappa shape index (κ1) is 19.9. The highest BCUT2D eigenvalue weighted by atomic mass is 19.1. The molecule has 0 radical (unpaired) electrons. The monoisotopic (exact) mass is 338 g/mol. The molecule has 24 heavy (non-hydrogen) atoms. The highest BCUT2D eigenvalue weighted by molar-refractivity contribution is 5.81. The number of amides is 2. The molecule has 0 aliphatic heterocycles. The van der Waals surface area contributed by atoms with E-state index in [9.17, 15) is 14.0 Å². The summed E-state index contributed by atoms with van der Waals surface area (Å²) in [7, 11) is 0. The Morgan fingerprint density at radius 2 is 1.67 bits per heavy atom. The van der Waals surface area contributed by atoms with E-state index in [2.05, 4.69) is 10.6 Å². The van der Waals surface area contributed by atoms with Gasteiger partial charge in [0.1, 0.15) is 11.6 Å². The average Bonchev–Trinajstić information content (AvgIpc) is 2.52. The zero-order chi connectivity index (χ0) is 18.0. The van der Waals surface area contributed by atoms with Crippen LogP contribution in [0.15, 0.2) is 24.3 Å². The van der Waals surface area contributed by atoms with E-state index in [1.807, 2.05) is 20.8 Å². The molecule has 1 aromatic carbocycles. The Bertz CT molecular complexity index is 524. The molecule has 0 aliphatic rings. The first-order valence-electron chi connectivity index (χ1n) is 8.22. The second kappa shape index (κ2) is 9.90. The summed E-state index contributed by atoms with van der Waals surface area (Å²) in [6.07, 6.45) is 1.66. The van der Waals surface area contributed by atoms with Crippen molar-refractivity contribution in [1.29, 1.82) is 0 Å². The van der Waals surface area contributed by atoms with Gasteiger partial charge in [0.05, 0.1) is 6.61 Å². The topological polar surface area (TPSA) is 67.4 Å². The van der Waals surface area contributed by atoms with Gasteiger partial charge in [-0.1, -0.05) is 20.8 Å². The number of rotatable bonds is 9. The van der Waals surface area contributed by atoms with Crippen LogP contribution in [0.25, 0.3) is 0 Å². The van der Waals surface area contributed by atoms with E-state index < -0.39 is 5.41 Å². The first-order valence-corrected chi connectivity index (χ1v) is 8.22. The van der Waals surface area contributed by atoms with Crippen molar-refractivity contribution in [2.24, 2.45) is 5.41 Å². The highest BCUT2D eigenvalue weighted by Gasteiger charge is 2.20. The molecule has 0 bridgehead atoms. The van der Waals surface area contributed by atoms with Crippen LogP contribution in [0.1, 0.15) is 40.0 Å². The Morgan fingerprint density at radius 1 is 1.04 bits per heavy atom. The van der Waals surface area contributed by atoms with E-state index in [4.69, 9.17) is 4.74 Å². The van der Waals surface area contributed by atoms with Crippen LogP contribution in [0.2, 0.25) is 0 Å². The Kier molecular flexibility index (Phi) is 8.22. The molecule has 0 saturated carbocycles. The second-order valence-electron chi connectivity index (χ2n) is 6.62. The lowest BCUT2D eigenvalue weighted by Gasteiger charge is -2.17. The van der Waals surface area contributed by atoms with Crippen molar-refractivity contribution in [3.8, 4) is 5.75 Å². The average molecular weight is 338 g/mol. The molecule has 0 saturated heterocycles. The third kappa shape index (κ3) is 8.50. The van der Waals surface area contributed by atoms with Crippen LogP contribution in [-0.2, 0) is 9.59 Å². The Morgan fingerprint density at radius 3 is 2.29 bits per heavy atom. The van der Waals surface area contributed by atoms with Gasteiger partial charge in [0.2, 0.25) is 11.8 Å². The predicted octanol–water partition coefficient (Wildman–Crippen LogP) is 2.65. The molecule has 0 heterocycles. The van der Waals surface area contributed by atoms with Gasteiger partial charge in [-0.3, -0.25) is 9.59 Å². The number of carbonyl (C=O) groups is 2. The molecule has 0 fully saturated rings. The number of hydrogen-bond donors (Lipinski definition) is 2. The molecule has 1 aromatic rings. The van der Waals surface area contributed by atoms with Gasteiger partial charge in [0.15, 0.2) is 0 Å². The molecule has 0 spiro atoms. The van der Waals surface area contributed by atoms with Gasteiger partial charge in [-0.15, -0.1) is 0 Å². The summed E-state index contributed by atoms with van der Waals surface area (Å²) in [5.41, 5.74) is -0.410. The lowest BCUT2D eigenvalue weighted by atomic mass is 9.96. The summed E-state index contributed by atoms with van der Waals surface area (Å²) in [4.78, 5) is 23.3. The zero-order valence-corrected chi connectivity index (χ0v) is 14.7. The molecule has 0 unspecified atom stereocenters. The van der Waals surface area contributed by atoms with E-state index >= 15 is 0 Å². The van der Waals surface area contributed by atoms with Crippen molar-refractivity contribution in [1.82, 2.24) is 10.6 Å². The molecule has 2 N–H and O–H groups in total. The number of halogens is 1. The smallest absolute Gasteiger partial charge is 0.225 e. The third-order valence-corrected chi connectivity index (χ3v) is 3.27. The summed E-state index contributed by atoms with van der Waals surface area (Å²) in [6.45, 7) is 7.02.